The van der Waals surface area contributed by atoms with E-state index in [-0.39, 0.29) is 0 Å². The molecular weight excluding hydrogens is 325 g/mol. The predicted molar refractivity (Wildman–Crippen MR) is 90.6 cm³/mol. The largest absolute Gasteiger partial charge is 0.383 e. The van der Waals surface area contributed by atoms with Gasteiger partial charge >= 0.3 is 0 Å². The maximum Gasteiger partial charge on any atom is 0.0587 e. The van der Waals surface area contributed by atoms with E-state index in [1.807, 2.05) is 36.4 Å². The van der Waals surface area contributed by atoms with E-state index in [0.29, 0.717) is 6.61 Å². The highest BCUT2D eigenvalue weighted by Crippen LogP contribution is 2.39. The lowest BCUT2D eigenvalue weighted by molar-refractivity contribution is 0.199. The van der Waals surface area contributed by atoms with E-state index in [1.54, 1.807) is 18.9 Å². The van der Waals surface area contributed by atoms with E-state index in [1.165, 1.54) is 0 Å². The van der Waals surface area contributed by atoms with Crippen molar-refractivity contribution in [3.05, 3.63) is 58.1 Å². The standard InChI is InChI=1S/C16H17Cl2NOS/c1-20-10-9-19-11-12-5-4-7-14(18)16(12)21-15-8-3-2-6-13(15)17/h2-8,19H,9-11H2,1H3. The van der Waals surface area contributed by atoms with Crippen LogP contribution < -0.4 is 5.32 Å². The molecule has 2 nitrogen and oxygen atoms in total. The SMILES string of the molecule is COCCNCc1cccc(Cl)c1Sc1ccccc1Cl. The first kappa shape index (κ1) is 16.7. The zero-order chi connectivity index (χ0) is 15.1. The highest BCUT2D eigenvalue weighted by Gasteiger charge is 2.10. The summed E-state index contributed by atoms with van der Waals surface area (Å²) in [7, 11) is 1.69. The Kier molecular flexibility index (Phi) is 6.87. The average molecular weight is 342 g/mol. The fourth-order valence-electron chi connectivity index (χ4n) is 1.84. The average Bonchev–Trinajstić information content (AvgIpc) is 2.49. The van der Waals surface area contributed by atoms with Gasteiger partial charge in [-0.25, -0.2) is 0 Å². The van der Waals surface area contributed by atoms with Crippen LogP contribution in [0.2, 0.25) is 10.0 Å². The third kappa shape index (κ3) is 4.90. The molecule has 0 fully saturated rings. The van der Waals surface area contributed by atoms with Gasteiger partial charge in [-0.2, -0.15) is 0 Å². The van der Waals surface area contributed by atoms with Crippen LogP contribution in [0.4, 0.5) is 0 Å². The predicted octanol–water partition coefficient (Wildman–Crippen LogP) is 4.88. The second kappa shape index (κ2) is 8.66. The van der Waals surface area contributed by atoms with Crippen LogP contribution in [0.1, 0.15) is 5.56 Å². The van der Waals surface area contributed by atoms with E-state index < -0.39 is 0 Å². The van der Waals surface area contributed by atoms with E-state index in [0.717, 1.165) is 38.5 Å². The van der Waals surface area contributed by atoms with Gasteiger partial charge in [0.2, 0.25) is 0 Å². The quantitative estimate of drug-likeness (QED) is 0.725. The van der Waals surface area contributed by atoms with Crippen LogP contribution >= 0.6 is 35.0 Å². The van der Waals surface area contributed by atoms with Crippen molar-refractivity contribution in [1.82, 2.24) is 5.32 Å². The Morgan fingerprint density at radius 3 is 2.57 bits per heavy atom. The summed E-state index contributed by atoms with van der Waals surface area (Å²) in [6, 6.07) is 13.7. The lowest BCUT2D eigenvalue weighted by Crippen LogP contribution is -2.18. The molecule has 0 unspecified atom stereocenters. The maximum absolute atomic E-state index is 6.36. The van der Waals surface area contributed by atoms with Crippen molar-refractivity contribution in [3.63, 3.8) is 0 Å². The van der Waals surface area contributed by atoms with Crippen molar-refractivity contribution in [2.75, 3.05) is 20.3 Å². The minimum atomic E-state index is 0.688. The molecule has 0 aliphatic rings. The Bertz CT molecular complexity index is 592. The first-order valence-electron chi connectivity index (χ1n) is 6.62. The molecule has 0 bridgehead atoms. The van der Waals surface area contributed by atoms with Crippen LogP contribution in [-0.4, -0.2) is 20.3 Å². The number of ether oxygens (including phenoxy) is 1. The Hall–Kier alpha value is -0.710. The van der Waals surface area contributed by atoms with Crippen molar-refractivity contribution in [2.45, 2.75) is 16.3 Å². The highest BCUT2D eigenvalue weighted by molar-refractivity contribution is 7.99. The van der Waals surface area contributed by atoms with E-state index >= 15 is 0 Å². The first-order chi connectivity index (χ1) is 10.2. The van der Waals surface area contributed by atoms with Crippen LogP contribution in [0.15, 0.2) is 52.3 Å². The molecule has 0 radical (unpaired) electrons. The summed E-state index contributed by atoms with van der Waals surface area (Å²) >= 11 is 14.2. The molecule has 1 N–H and O–H groups in total. The van der Waals surface area contributed by atoms with Crippen molar-refractivity contribution in [3.8, 4) is 0 Å². The van der Waals surface area contributed by atoms with Gasteiger partial charge in [0.15, 0.2) is 0 Å². The number of benzene rings is 2. The van der Waals surface area contributed by atoms with E-state index in [4.69, 9.17) is 27.9 Å². The lowest BCUT2D eigenvalue weighted by atomic mass is 10.2. The Balaban J connectivity index is 2.16. The number of hydrogen-bond donors (Lipinski definition) is 1. The van der Waals surface area contributed by atoms with Gasteiger partial charge < -0.3 is 10.1 Å². The topological polar surface area (TPSA) is 21.3 Å². The van der Waals surface area contributed by atoms with Gasteiger partial charge in [0, 0.05) is 30.0 Å². The lowest BCUT2D eigenvalue weighted by Gasteiger charge is -2.12. The van der Waals surface area contributed by atoms with Gasteiger partial charge in [-0.05, 0) is 23.8 Å². The van der Waals surface area contributed by atoms with Crippen molar-refractivity contribution in [1.29, 1.82) is 0 Å². The summed E-state index contributed by atoms with van der Waals surface area (Å²) in [5.41, 5.74) is 1.16. The van der Waals surface area contributed by atoms with Crippen LogP contribution in [0, 0.1) is 0 Å². The summed E-state index contributed by atoms with van der Waals surface area (Å²) < 4.78 is 5.03. The normalized spacial score (nSPS) is 10.8. The summed E-state index contributed by atoms with van der Waals surface area (Å²) in [6.07, 6.45) is 0. The summed E-state index contributed by atoms with van der Waals surface area (Å²) in [6.45, 7) is 2.24. The van der Waals surface area contributed by atoms with Crippen molar-refractivity contribution < 1.29 is 4.74 Å². The maximum atomic E-state index is 6.36. The zero-order valence-electron chi connectivity index (χ0n) is 11.7. The van der Waals surface area contributed by atoms with Gasteiger partial charge in [0.25, 0.3) is 0 Å². The minimum absolute atomic E-state index is 0.688. The molecule has 0 aliphatic heterocycles. The summed E-state index contributed by atoms with van der Waals surface area (Å²) in [5.74, 6) is 0. The van der Waals surface area contributed by atoms with Gasteiger partial charge in [0.1, 0.15) is 0 Å². The highest BCUT2D eigenvalue weighted by atomic mass is 35.5. The van der Waals surface area contributed by atoms with Crippen LogP contribution in [0.3, 0.4) is 0 Å². The Labute approximate surface area is 139 Å². The molecule has 0 saturated carbocycles. The minimum Gasteiger partial charge on any atom is -0.383 e. The molecule has 0 heterocycles. The fourth-order valence-corrected chi connectivity index (χ4v) is 3.37. The first-order valence-corrected chi connectivity index (χ1v) is 8.19. The van der Waals surface area contributed by atoms with Crippen molar-refractivity contribution >= 4 is 35.0 Å². The number of nitrogens with one attached hydrogen (secondary N) is 1. The molecule has 5 heteroatoms. The van der Waals surface area contributed by atoms with Gasteiger partial charge in [0.05, 0.1) is 16.7 Å². The second-order valence-corrected chi connectivity index (χ2v) is 6.30. The van der Waals surface area contributed by atoms with E-state index in [9.17, 15) is 0 Å². The van der Waals surface area contributed by atoms with Crippen LogP contribution in [0.25, 0.3) is 0 Å². The Morgan fingerprint density at radius 1 is 1.05 bits per heavy atom. The molecule has 2 rings (SSSR count). The third-order valence-corrected chi connectivity index (χ3v) is 5.03. The monoisotopic (exact) mass is 341 g/mol. The van der Waals surface area contributed by atoms with Crippen LogP contribution in [0.5, 0.6) is 0 Å². The summed E-state index contributed by atoms with van der Waals surface area (Å²) in [5, 5.41) is 4.82. The number of rotatable bonds is 7. The van der Waals surface area contributed by atoms with Gasteiger partial charge in [-0.1, -0.05) is 59.2 Å². The van der Waals surface area contributed by atoms with Crippen LogP contribution in [-0.2, 0) is 11.3 Å². The van der Waals surface area contributed by atoms with E-state index in [2.05, 4.69) is 11.4 Å². The number of halogens is 2. The smallest absolute Gasteiger partial charge is 0.0587 e. The molecule has 0 spiro atoms. The molecule has 0 saturated heterocycles. The molecule has 0 aliphatic carbocycles. The number of methoxy groups -OCH3 is 1. The Morgan fingerprint density at radius 2 is 1.81 bits per heavy atom. The molecule has 112 valence electrons. The second-order valence-electron chi connectivity index (χ2n) is 4.43. The molecule has 21 heavy (non-hydrogen) atoms. The number of hydrogen-bond acceptors (Lipinski definition) is 3. The van der Waals surface area contributed by atoms with Crippen molar-refractivity contribution in [2.24, 2.45) is 0 Å². The van der Waals surface area contributed by atoms with Gasteiger partial charge in [-0.15, -0.1) is 0 Å². The molecule has 2 aromatic carbocycles. The summed E-state index contributed by atoms with van der Waals surface area (Å²) in [4.78, 5) is 2.04. The third-order valence-electron chi connectivity index (χ3n) is 2.90. The molecule has 2 aromatic rings. The molecule has 0 aromatic heterocycles. The molecular formula is C16H17Cl2NOS. The molecule has 0 amide bonds. The molecule has 0 atom stereocenters. The zero-order valence-corrected chi connectivity index (χ0v) is 14.1. The van der Waals surface area contributed by atoms with Gasteiger partial charge in [-0.3, -0.25) is 0 Å². The fraction of sp³-hybridized carbons (Fsp3) is 0.250.